The Morgan fingerprint density at radius 1 is 0.867 bits per heavy atom. The van der Waals surface area contributed by atoms with Crippen molar-refractivity contribution in [3.8, 4) is 28.1 Å². The quantitative estimate of drug-likeness (QED) is 0.126. The third-order valence-electron chi connectivity index (χ3n) is 14.6. The van der Waals surface area contributed by atoms with E-state index in [2.05, 4.69) is 20.6 Å². The molecule has 0 bridgehead atoms. The van der Waals surface area contributed by atoms with Crippen LogP contribution in [0.4, 0.5) is 10.9 Å². The molecule has 3 aromatic heterocycles. The van der Waals surface area contributed by atoms with E-state index in [4.69, 9.17) is 10.5 Å². The van der Waals surface area contributed by atoms with Gasteiger partial charge in [0.15, 0.2) is 11.7 Å². The van der Waals surface area contributed by atoms with Gasteiger partial charge in [-0.05, 0) is 105 Å². The van der Waals surface area contributed by atoms with Crippen molar-refractivity contribution in [2.45, 2.75) is 64.8 Å². The van der Waals surface area contributed by atoms with Crippen LogP contribution in [0, 0.1) is 25.7 Å². The zero-order valence-electron chi connectivity index (χ0n) is 41.8. The van der Waals surface area contributed by atoms with Gasteiger partial charge < -0.3 is 30.5 Å². The molecule has 2 aromatic carbocycles. The number of aromatic nitrogens is 3. The number of piperidine rings is 3. The van der Waals surface area contributed by atoms with Gasteiger partial charge in [-0.1, -0.05) is 24.3 Å². The first-order valence-electron chi connectivity index (χ1n) is 24.5. The second kappa shape index (κ2) is 21.2. The molecule has 23 heteroatoms. The summed E-state index contributed by atoms with van der Waals surface area (Å²) in [6, 6.07) is 14.9. The van der Waals surface area contributed by atoms with E-state index in [0.717, 1.165) is 57.5 Å². The smallest absolute Gasteiger partial charge is 0.266 e. The van der Waals surface area contributed by atoms with Gasteiger partial charge in [-0.15, -0.1) is 11.3 Å². The van der Waals surface area contributed by atoms with Gasteiger partial charge in [-0.2, -0.15) is 0 Å². The van der Waals surface area contributed by atoms with Crippen LogP contribution in [0.3, 0.4) is 0 Å². The standard InChI is InChI=1S/C52H56N10O11S2/c1-29-30(2)62(75(4,71)72)39(46(29)48(53)67)25-43(64)57-52-55-37(28-74-52)35-8-5-7-33(23-35)34-13-18-54-41(24-34)58(3)26-44(65)59-19-14-31(15-20-59)32-16-21-60(22-17-32)45(66)27-73-40-10-6-9-36-47(40)51(70)61(50(36)69)38-11-12-42(63)56-49(38)68/h5-10,13,18,23-24,28,31-32,38H,11-12,14-17,19-22,25-27H2,1-4H3,(H2,53,67)(H,55,57,64)(H,56,63,68). The Labute approximate surface area is 436 Å². The topological polar surface area (TPSA) is 274 Å². The van der Waals surface area contributed by atoms with E-state index in [1.807, 2.05) is 53.2 Å². The van der Waals surface area contributed by atoms with E-state index in [-0.39, 0.29) is 71.1 Å². The van der Waals surface area contributed by atoms with Crippen molar-refractivity contribution in [2.24, 2.45) is 17.6 Å². The van der Waals surface area contributed by atoms with Gasteiger partial charge in [0.1, 0.15) is 17.6 Å². The van der Waals surface area contributed by atoms with Gasteiger partial charge in [0.25, 0.3) is 23.6 Å². The number of hydrogen-bond acceptors (Lipinski definition) is 15. The molecule has 1 unspecified atom stereocenters. The van der Waals surface area contributed by atoms with E-state index in [1.54, 1.807) is 36.4 Å². The average molecular weight is 1060 g/mol. The fraction of sp³-hybridized carbons (Fsp3) is 0.385. The monoisotopic (exact) mass is 1060 g/mol. The van der Waals surface area contributed by atoms with Crippen LogP contribution < -0.4 is 26.0 Å². The van der Waals surface area contributed by atoms with Crippen molar-refractivity contribution in [1.82, 2.24) is 34.0 Å². The molecule has 4 aliphatic rings. The maximum Gasteiger partial charge on any atom is 0.266 e. The summed E-state index contributed by atoms with van der Waals surface area (Å²) in [5.74, 6) is -2.67. The van der Waals surface area contributed by atoms with Gasteiger partial charge in [-0.25, -0.2) is 22.4 Å². The van der Waals surface area contributed by atoms with Crippen LogP contribution in [0.2, 0.25) is 0 Å². The number of pyridine rings is 1. The molecular weight excluding hydrogens is 1000 g/mol. The molecule has 21 nitrogen and oxygen atoms in total. The third kappa shape index (κ3) is 10.8. The summed E-state index contributed by atoms with van der Waals surface area (Å²) in [6.45, 7) is 5.28. The number of rotatable bonds is 15. The highest BCUT2D eigenvalue weighted by molar-refractivity contribution is 7.89. The number of likely N-dealkylation sites (tertiary alicyclic amines) is 2. The van der Waals surface area contributed by atoms with Crippen LogP contribution in [0.1, 0.15) is 86.6 Å². The first kappa shape index (κ1) is 52.1. The zero-order valence-corrected chi connectivity index (χ0v) is 43.4. The van der Waals surface area contributed by atoms with Crippen molar-refractivity contribution in [1.29, 1.82) is 0 Å². The summed E-state index contributed by atoms with van der Waals surface area (Å²) < 4.78 is 32.1. The van der Waals surface area contributed by atoms with E-state index < -0.39 is 57.9 Å². The number of ether oxygens (including phenoxy) is 1. The maximum absolute atomic E-state index is 13.6. The molecule has 8 amide bonds. The van der Waals surface area contributed by atoms with Crippen molar-refractivity contribution in [2.75, 3.05) is 62.9 Å². The average Bonchev–Trinajstić information content (AvgIpc) is 4.04. The number of carbonyl (C=O) groups excluding carboxylic acids is 8. The Kier molecular flexibility index (Phi) is 14.7. The summed E-state index contributed by atoms with van der Waals surface area (Å²) in [4.78, 5) is 119. The molecule has 75 heavy (non-hydrogen) atoms. The molecule has 7 heterocycles. The molecule has 5 aromatic rings. The van der Waals surface area contributed by atoms with Crippen molar-refractivity contribution in [3.05, 3.63) is 99.8 Å². The highest BCUT2D eigenvalue weighted by Gasteiger charge is 2.46. The Hall–Kier alpha value is -7.79. The summed E-state index contributed by atoms with van der Waals surface area (Å²) >= 11 is 1.19. The number of nitrogens with zero attached hydrogens (tertiary/aromatic N) is 7. The second-order valence-electron chi connectivity index (χ2n) is 19.4. The lowest BCUT2D eigenvalue weighted by Gasteiger charge is -2.40. The summed E-state index contributed by atoms with van der Waals surface area (Å²) in [6.07, 6.45) is 5.63. The number of primary amides is 1. The number of likely N-dealkylation sites (N-methyl/N-ethyl adjacent to an activating group) is 1. The molecule has 3 fully saturated rings. The predicted octanol–water partition coefficient (Wildman–Crippen LogP) is 3.77. The van der Waals surface area contributed by atoms with Crippen LogP contribution in [-0.4, -0.2) is 143 Å². The van der Waals surface area contributed by atoms with Gasteiger partial charge in [0.05, 0.1) is 47.3 Å². The number of carbonyl (C=O) groups is 8. The summed E-state index contributed by atoms with van der Waals surface area (Å²) in [5.41, 5.74) is 9.46. The van der Waals surface area contributed by atoms with E-state index in [0.29, 0.717) is 60.8 Å². The number of hydrogen-bond donors (Lipinski definition) is 3. The van der Waals surface area contributed by atoms with Gasteiger partial charge in [-0.3, -0.25) is 48.6 Å². The Morgan fingerprint density at radius 2 is 1.52 bits per heavy atom. The van der Waals surface area contributed by atoms with E-state index in [1.165, 1.54) is 23.5 Å². The Balaban J connectivity index is 0.734. The lowest BCUT2D eigenvalue weighted by Crippen LogP contribution is -2.54. The van der Waals surface area contributed by atoms with Crippen molar-refractivity contribution in [3.63, 3.8) is 0 Å². The fourth-order valence-corrected chi connectivity index (χ4v) is 12.6. The number of anilines is 2. The molecule has 0 radical (unpaired) electrons. The highest BCUT2D eigenvalue weighted by Crippen LogP contribution is 2.36. The van der Waals surface area contributed by atoms with Crippen LogP contribution in [0.25, 0.3) is 22.4 Å². The summed E-state index contributed by atoms with van der Waals surface area (Å²) in [7, 11) is -2.02. The molecule has 1 atom stereocenters. The number of benzene rings is 2. The molecular formula is C52H56N10O11S2. The van der Waals surface area contributed by atoms with Crippen LogP contribution in [0.5, 0.6) is 5.75 Å². The van der Waals surface area contributed by atoms with E-state index >= 15 is 0 Å². The van der Waals surface area contributed by atoms with Crippen molar-refractivity contribution >= 4 is 79.6 Å². The lowest BCUT2D eigenvalue weighted by molar-refractivity contribution is -0.136. The van der Waals surface area contributed by atoms with Gasteiger partial charge >= 0.3 is 0 Å². The minimum atomic E-state index is -3.85. The van der Waals surface area contributed by atoms with Crippen LogP contribution in [0.15, 0.2) is 66.2 Å². The molecule has 3 saturated heterocycles. The first-order chi connectivity index (χ1) is 35.8. The molecule has 0 spiro atoms. The van der Waals surface area contributed by atoms with Gasteiger partial charge in [0, 0.05) is 62.5 Å². The predicted molar refractivity (Wildman–Crippen MR) is 276 cm³/mol. The molecule has 0 aliphatic carbocycles. The molecule has 0 saturated carbocycles. The maximum atomic E-state index is 13.6. The first-order valence-corrected chi connectivity index (χ1v) is 27.3. The zero-order chi connectivity index (χ0) is 53.5. The minimum Gasteiger partial charge on any atom is -0.483 e. The highest BCUT2D eigenvalue weighted by atomic mass is 32.2. The van der Waals surface area contributed by atoms with Crippen molar-refractivity contribution < 1.29 is 51.5 Å². The molecule has 4 N–H and O–H groups in total. The summed E-state index contributed by atoms with van der Waals surface area (Å²) in [5, 5.41) is 6.98. The number of thiazole rings is 1. The van der Waals surface area contributed by atoms with Gasteiger partial charge in [0.2, 0.25) is 33.7 Å². The third-order valence-corrected chi connectivity index (χ3v) is 16.6. The Morgan fingerprint density at radius 3 is 2.19 bits per heavy atom. The lowest BCUT2D eigenvalue weighted by atomic mass is 9.79. The van der Waals surface area contributed by atoms with Crippen LogP contribution in [-0.2, 0) is 40.4 Å². The fourth-order valence-electron chi connectivity index (χ4n) is 10.7. The number of nitrogens with one attached hydrogen (secondary N) is 2. The van der Waals surface area contributed by atoms with Crippen LogP contribution >= 0.6 is 11.3 Å². The Bertz CT molecular complexity index is 3280. The molecule has 9 rings (SSSR count). The number of amides is 8. The minimum absolute atomic E-state index is 0.00121. The molecule has 392 valence electrons. The molecule has 4 aliphatic heterocycles. The number of imide groups is 2. The normalized spacial score (nSPS) is 17.5. The number of fused-ring (bicyclic) bond motifs is 1. The number of nitrogens with two attached hydrogens (primary N) is 1. The van der Waals surface area contributed by atoms with E-state index in [9.17, 15) is 46.8 Å². The SMILES string of the molecule is Cc1c(C(N)=O)c(CC(=O)Nc2nc(-c3cccc(-c4ccnc(N(C)CC(=O)N5CCC(C6CCN(C(=O)COc7cccc8c7C(=O)N(C7CCC(=O)NC7=O)C8=O)CC6)CC5)c4)c3)cs2)n(S(C)(=O)=O)c1C. The largest absolute Gasteiger partial charge is 0.483 e. The second-order valence-corrected chi connectivity index (χ2v) is 22.1.